The van der Waals surface area contributed by atoms with Crippen molar-refractivity contribution in [1.29, 1.82) is 0 Å². The van der Waals surface area contributed by atoms with Gasteiger partial charge in [0.15, 0.2) is 0 Å². The fraction of sp³-hybridized carbons (Fsp3) is 0.786. The molecule has 0 radical (unpaired) electrons. The Labute approximate surface area is 128 Å². The molecule has 0 unspecified atom stereocenters. The molecule has 0 aromatic carbocycles. The Hall–Kier alpha value is -1.63. The minimum atomic E-state index is 0.0157. The van der Waals surface area contributed by atoms with Crippen LogP contribution in [-0.2, 0) is 0 Å². The van der Waals surface area contributed by atoms with Crippen molar-refractivity contribution in [2.75, 3.05) is 56.3 Å². The lowest BCUT2D eigenvalue weighted by Gasteiger charge is -2.32. The van der Waals surface area contributed by atoms with Gasteiger partial charge >= 0.3 is 0 Å². The summed E-state index contributed by atoms with van der Waals surface area (Å²) < 4.78 is 0. The number of nitrogens with one attached hydrogen (secondary N) is 2. The summed E-state index contributed by atoms with van der Waals surface area (Å²) in [6.07, 6.45) is 0. The van der Waals surface area contributed by atoms with Crippen LogP contribution in [0.2, 0.25) is 0 Å². The van der Waals surface area contributed by atoms with Crippen molar-refractivity contribution in [2.45, 2.75) is 33.2 Å². The van der Waals surface area contributed by atoms with Gasteiger partial charge in [-0.05, 0) is 41.8 Å². The molecular formula is C14H29N7. The monoisotopic (exact) mass is 295 g/mol. The molecule has 0 saturated carbocycles. The predicted octanol–water partition coefficient (Wildman–Crippen LogP) is 1.51. The maximum Gasteiger partial charge on any atom is 0.231 e. The number of likely N-dealkylation sites (N-methyl/N-ethyl adjacent to an activating group) is 1. The fourth-order valence-electron chi connectivity index (χ4n) is 1.66. The van der Waals surface area contributed by atoms with Gasteiger partial charge in [-0.1, -0.05) is 0 Å². The second-order valence-electron chi connectivity index (χ2n) is 5.77. The van der Waals surface area contributed by atoms with E-state index in [1.807, 2.05) is 7.05 Å². The van der Waals surface area contributed by atoms with Crippen molar-refractivity contribution in [1.82, 2.24) is 19.9 Å². The number of anilines is 3. The van der Waals surface area contributed by atoms with E-state index in [4.69, 9.17) is 0 Å². The first-order valence-electron chi connectivity index (χ1n) is 7.44. The van der Waals surface area contributed by atoms with Crippen LogP contribution in [0.1, 0.15) is 27.7 Å². The molecule has 7 heteroatoms. The Morgan fingerprint density at radius 3 is 2.05 bits per heavy atom. The molecule has 2 N–H and O–H groups in total. The highest BCUT2D eigenvalue weighted by molar-refractivity contribution is 5.43. The smallest absolute Gasteiger partial charge is 0.231 e. The Bertz CT molecular complexity index is 441. The molecule has 1 rings (SSSR count). The van der Waals surface area contributed by atoms with Gasteiger partial charge in [-0.3, -0.25) is 0 Å². The van der Waals surface area contributed by atoms with E-state index in [2.05, 4.69) is 77.2 Å². The minimum Gasteiger partial charge on any atom is -0.357 e. The first kappa shape index (κ1) is 17.4. The fourth-order valence-corrected chi connectivity index (χ4v) is 1.66. The summed E-state index contributed by atoms with van der Waals surface area (Å²) in [5.74, 6) is 1.88. The third-order valence-electron chi connectivity index (χ3n) is 3.78. The first-order chi connectivity index (χ1) is 9.83. The molecule has 0 amide bonds. The van der Waals surface area contributed by atoms with Crippen LogP contribution in [-0.4, -0.2) is 66.2 Å². The summed E-state index contributed by atoms with van der Waals surface area (Å²) in [6.45, 7) is 11.0. The first-order valence-corrected chi connectivity index (χ1v) is 7.44. The standard InChI is InChI=1S/C14H29N7/c1-8-21(9-2)13-18-11(15-5)17-12(19-13)16-10-14(3,4)20(6)7/h8-10H2,1-7H3,(H2,15,16,17,18,19). The van der Waals surface area contributed by atoms with Crippen molar-refractivity contribution in [3.8, 4) is 0 Å². The van der Waals surface area contributed by atoms with Crippen LogP contribution in [0.4, 0.5) is 17.8 Å². The van der Waals surface area contributed by atoms with Crippen LogP contribution in [0.25, 0.3) is 0 Å². The highest BCUT2D eigenvalue weighted by atomic mass is 15.3. The zero-order valence-electron chi connectivity index (χ0n) is 14.4. The highest BCUT2D eigenvalue weighted by Gasteiger charge is 2.21. The number of rotatable bonds is 8. The van der Waals surface area contributed by atoms with Gasteiger partial charge in [0, 0.05) is 32.2 Å². The molecule has 0 saturated heterocycles. The third-order valence-corrected chi connectivity index (χ3v) is 3.78. The lowest BCUT2D eigenvalue weighted by Crippen LogP contribution is -2.44. The van der Waals surface area contributed by atoms with Crippen LogP contribution >= 0.6 is 0 Å². The Balaban J connectivity index is 2.94. The van der Waals surface area contributed by atoms with Crippen LogP contribution < -0.4 is 15.5 Å². The summed E-state index contributed by atoms with van der Waals surface area (Å²) in [5.41, 5.74) is 0.0157. The molecule has 0 bridgehead atoms. The topological polar surface area (TPSA) is 69.2 Å². The maximum atomic E-state index is 4.52. The van der Waals surface area contributed by atoms with Gasteiger partial charge in [0.25, 0.3) is 0 Å². The van der Waals surface area contributed by atoms with Crippen molar-refractivity contribution in [2.24, 2.45) is 0 Å². The highest BCUT2D eigenvalue weighted by Crippen LogP contribution is 2.15. The van der Waals surface area contributed by atoms with E-state index in [1.54, 1.807) is 0 Å². The number of nitrogens with zero attached hydrogens (tertiary/aromatic N) is 5. The van der Waals surface area contributed by atoms with Gasteiger partial charge in [-0.15, -0.1) is 0 Å². The summed E-state index contributed by atoms with van der Waals surface area (Å²) >= 11 is 0. The molecule has 0 aliphatic rings. The van der Waals surface area contributed by atoms with Crippen molar-refractivity contribution in [3.05, 3.63) is 0 Å². The molecule has 7 nitrogen and oxygen atoms in total. The number of aromatic nitrogens is 3. The number of hydrogen-bond donors (Lipinski definition) is 2. The molecule has 0 spiro atoms. The van der Waals surface area contributed by atoms with Gasteiger partial charge in [-0.25, -0.2) is 0 Å². The maximum absolute atomic E-state index is 4.52. The second-order valence-corrected chi connectivity index (χ2v) is 5.77. The molecule has 120 valence electrons. The zero-order valence-corrected chi connectivity index (χ0v) is 14.4. The number of hydrogen-bond acceptors (Lipinski definition) is 7. The lowest BCUT2D eigenvalue weighted by molar-refractivity contribution is 0.209. The Morgan fingerprint density at radius 1 is 1.00 bits per heavy atom. The van der Waals surface area contributed by atoms with Crippen LogP contribution in [0.3, 0.4) is 0 Å². The van der Waals surface area contributed by atoms with E-state index < -0.39 is 0 Å². The second kappa shape index (κ2) is 7.40. The molecular weight excluding hydrogens is 266 g/mol. The summed E-state index contributed by atoms with van der Waals surface area (Å²) in [4.78, 5) is 17.6. The SMILES string of the molecule is CCN(CC)c1nc(NC)nc(NCC(C)(C)N(C)C)n1. The van der Waals surface area contributed by atoms with Gasteiger partial charge in [-0.2, -0.15) is 15.0 Å². The largest absolute Gasteiger partial charge is 0.357 e. The lowest BCUT2D eigenvalue weighted by atomic mass is 10.1. The normalized spacial score (nSPS) is 11.6. The molecule has 21 heavy (non-hydrogen) atoms. The molecule has 0 aliphatic heterocycles. The molecule has 1 heterocycles. The van der Waals surface area contributed by atoms with Crippen LogP contribution in [0, 0.1) is 0 Å². The van der Waals surface area contributed by atoms with Crippen molar-refractivity contribution >= 4 is 17.8 Å². The van der Waals surface area contributed by atoms with E-state index in [9.17, 15) is 0 Å². The summed E-state index contributed by atoms with van der Waals surface area (Å²) in [7, 11) is 5.94. The summed E-state index contributed by atoms with van der Waals surface area (Å²) in [6, 6.07) is 0. The van der Waals surface area contributed by atoms with E-state index in [0.29, 0.717) is 17.8 Å². The van der Waals surface area contributed by atoms with Gasteiger partial charge < -0.3 is 20.4 Å². The van der Waals surface area contributed by atoms with E-state index >= 15 is 0 Å². The van der Waals surface area contributed by atoms with Gasteiger partial charge in [0.05, 0.1) is 0 Å². The Morgan fingerprint density at radius 2 is 1.57 bits per heavy atom. The van der Waals surface area contributed by atoms with Crippen LogP contribution in [0.5, 0.6) is 0 Å². The average molecular weight is 295 g/mol. The molecule has 1 aromatic rings. The van der Waals surface area contributed by atoms with Crippen LogP contribution in [0.15, 0.2) is 0 Å². The van der Waals surface area contributed by atoms with E-state index in [0.717, 1.165) is 19.6 Å². The molecule has 1 aromatic heterocycles. The average Bonchev–Trinajstić information content (AvgIpc) is 2.46. The van der Waals surface area contributed by atoms with Gasteiger partial charge in [0.1, 0.15) is 0 Å². The minimum absolute atomic E-state index is 0.0157. The molecule has 0 fully saturated rings. The predicted molar refractivity (Wildman–Crippen MR) is 89.2 cm³/mol. The molecule has 0 aliphatic carbocycles. The van der Waals surface area contributed by atoms with E-state index in [1.165, 1.54) is 0 Å². The van der Waals surface area contributed by atoms with E-state index in [-0.39, 0.29) is 5.54 Å². The Kier molecular flexibility index (Phi) is 6.14. The van der Waals surface area contributed by atoms with Gasteiger partial charge in [0.2, 0.25) is 17.8 Å². The third kappa shape index (κ3) is 4.70. The quantitative estimate of drug-likeness (QED) is 0.753. The zero-order chi connectivity index (χ0) is 16.0. The molecule has 0 atom stereocenters. The van der Waals surface area contributed by atoms with Crippen molar-refractivity contribution < 1.29 is 0 Å². The van der Waals surface area contributed by atoms with Crippen molar-refractivity contribution in [3.63, 3.8) is 0 Å². The summed E-state index contributed by atoms with van der Waals surface area (Å²) in [5, 5.41) is 6.31.